The van der Waals surface area contributed by atoms with E-state index in [4.69, 9.17) is 4.74 Å². The number of ether oxygens (including phenoxy) is 1. The third kappa shape index (κ3) is 1.39. The van der Waals surface area contributed by atoms with Crippen LogP contribution < -0.4 is 4.90 Å². The highest BCUT2D eigenvalue weighted by Gasteiger charge is 2.66. The van der Waals surface area contributed by atoms with Crippen LogP contribution in [-0.4, -0.2) is 23.5 Å². The first-order chi connectivity index (χ1) is 9.53. The summed E-state index contributed by atoms with van der Waals surface area (Å²) in [4.78, 5) is 26.7. The molecule has 4 nitrogen and oxygen atoms in total. The summed E-state index contributed by atoms with van der Waals surface area (Å²) in [6, 6.07) is 7.46. The number of para-hydroxylation sites is 1. The Morgan fingerprint density at radius 1 is 1.25 bits per heavy atom. The number of benzene rings is 1. The topological polar surface area (TPSA) is 46.6 Å². The average molecular weight is 381 g/mol. The highest BCUT2D eigenvalue weighted by Crippen LogP contribution is 2.52. The van der Waals surface area contributed by atoms with Crippen LogP contribution in [0.15, 0.2) is 36.4 Å². The van der Waals surface area contributed by atoms with E-state index >= 15 is 0 Å². The van der Waals surface area contributed by atoms with E-state index in [9.17, 15) is 9.59 Å². The second-order valence-corrected chi connectivity index (χ2v) is 6.75. The van der Waals surface area contributed by atoms with Crippen LogP contribution in [0.1, 0.15) is 6.92 Å². The first kappa shape index (κ1) is 12.5. The minimum absolute atomic E-state index is 0.137. The summed E-state index contributed by atoms with van der Waals surface area (Å²) in [6.45, 7) is 1.89. The number of anilines is 1. The fourth-order valence-corrected chi connectivity index (χ4v) is 4.15. The van der Waals surface area contributed by atoms with Gasteiger partial charge in [-0.05, 0) is 41.6 Å². The van der Waals surface area contributed by atoms with Crippen molar-refractivity contribution >= 4 is 40.1 Å². The lowest BCUT2D eigenvalue weighted by Crippen LogP contribution is -2.38. The van der Waals surface area contributed by atoms with Gasteiger partial charge in [-0.2, -0.15) is 0 Å². The summed E-state index contributed by atoms with van der Waals surface area (Å²) in [6.07, 6.45) is 3.57. The minimum Gasteiger partial charge on any atom is -0.362 e. The molecule has 0 unspecified atom stereocenters. The zero-order valence-corrected chi connectivity index (χ0v) is 12.9. The zero-order valence-electron chi connectivity index (χ0n) is 10.7. The first-order valence-corrected chi connectivity index (χ1v) is 7.60. The van der Waals surface area contributed by atoms with E-state index in [1.165, 1.54) is 4.90 Å². The number of fused-ring (bicyclic) bond motifs is 5. The molecule has 2 fully saturated rings. The molecule has 0 spiro atoms. The number of hydrogen-bond donors (Lipinski definition) is 0. The molecule has 3 heterocycles. The maximum absolute atomic E-state index is 12.7. The molecule has 20 heavy (non-hydrogen) atoms. The summed E-state index contributed by atoms with van der Waals surface area (Å²) in [5, 5.41) is 0. The Balaban J connectivity index is 1.82. The molecule has 5 heteroatoms. The number of halogens is 1. The van der Waals surface area contributed by atoms with Crippen LogP contribution in [0.25, 0.3) is 0 Å². The molecule has 0 aliphatic carbocycles. The summed E-state index contributed by atoms with van der Waals surface area (Å²) >= 11 is 2.15. The number of carbonyl (C=O) groups is 2. The molecule has 0 aromatic heterocycles. The average Bonchev–Trinajstić information content (AvgIpc) is 3.01. The van der Waals surface area contributed by atoms with Crippen molar-refractivity contribution in [2.24, 2.45) is 11.8 Å². The van der Waals surface area contributed by atoms with Gasteiger partial charge in [0.1, 0.15) is 0 Å². The molecule has 3 aliphatic rings. The lowest BCUT2D eigenvalue weighted by molar-refractivity contribution is -0.126. The molecular formula is C15H12INO3. The van der Waals surface area contributed by atoms with Gasteiger partial charge in [0, 0.05) is 3.57 Å². The van der Waals surface area contributed by atoms with Crippen LogP contribution in [-0.2, 0) is 14.3 Å². The van der Waals surface area contributed by atoms with Crippen LogP contribution >= 0.6 is 22.6 Å². The Morgan fingerprint density at radius 3 is 2.70 bits per heavy atom. The molecule has 0 saturated carbocycles. The molecular weight excluding hydrogens is 369 g/mol. The first-order valence-electron chi connectivity index (χ1n) is 6.52. The van der Waals surface area contributed by atoms with Gasteiger partial charge in [-0.25, -0.2) is 4.90 Å². The molecule has 4 rings (SSSR count). The minimum atomic E-state index is -0.628. The van der Waals surface area contributed by atoms with Gasteiger partial charge in [0.2, 0.25) is 11.8 Å². The molecule has 1 aromatic carbocycles. The third-order valence-corrected chi connectivity index (χ3v) is 5.33. The zero-order chi connectivity index (χ0) is 14.1. The molecule has 0 radical (unpaired) electrons. The van der Waals surface area contributed by atoms with Crippen LogP contribution in [0.5, 0.6) is 0 Å². The number of carbonyl (C=O) groups excluding carboxylic acids is 2. The van der Waals surface area contributed by atoms with E-state index < -0.39 is 5.60 Å². The van der Waals surface area contributed by atoms with E-state index in [2.05, 4.69) is 22.6 Å². The fourth-order valence-electron chi connectivity index (χ4n) is 3.52. The Labute approximate surface area is 129 Å². The standard InChI is InChI=1S/C15H12INO3/c1-15-7-6-10(20-15)11-12(15)14(19)17(13(11)18)9-5-3-2-4-8(9)16/h2-7,10-12H,1H3/t10-,11-,12+,15+/m1/s1. The van der Waals surface area contributed by atoms with Gasteiger partial charge in [0.15, 0.2) is 0 Å². The SMILES string of the molecule is C[C@@]12C=C[C@@H](O1)[C@H]1C(=O)N(c3ccccc3I)C(=O)[C@H]12. The number of hydrogen-bond acceptors (Lipinski definition) is 3. The number of amides is 2. The van der Waals surface area contributed by atoms with Crippen molar-refractivity contribution in [1.29, 1.82) is 0 Å². The van der Waals surface area contributed by atoms with Gasteiger partial charge < -0.3 is 4.74 Å². The molecule has 2 saturated heterocycles. The number of imide groups is 1. The van der Waals surface area contributed by atoms with Gasteiger partial charge in [-0.15, -0.1) is 0 Å². The van der Waals surface area contributed by atoms with Gasteiger partial charge in [-0.1, -0.05) is 24.3 Å². The fraction of sp³-hybridized carbons (Fsp3) is 0.333. The third-order valence-electron chi connectivity index (χ3n) is 4.42. The molecule has 2 bridgehead atoms. The lowest BCUT2D eigenvalue weighted by Gasteiger charge is -2.24. The molecule has 3 aliphatic heterocycles. The van der Waals surface area contributed by atoms with Gasteiger partial charge >= 0.3 is 0 Å². The molecule has 4 atom stereocenters. The van der Waals surface area contributed by atoms with Crippen molar-refractivity contribution in [3.63, 3.8) is 0 Å². The molecule has 2 amide bonds. The quantitative estimate of drug-likeness (QED) is 0.426. The predicted octanol–water partition coefficient (Wildman–Crippen LogP) is 2.12. The van der Waals surface area contributed by atoms with Crippen molar-refractivity contribution in [1.82, 2.24) is 0 Å². The maximum atomic E-state index is 12.7. The van der Waals surface area contributed by atoms with Gasteiger partial charge in [-0.3, -0.25) is 9.59 Å². The van der Waals surface area contributed by atoms with Crippen molar-refractivity contribution in [2.45, 2.75) is 18.6 Å². The Morgan fingerprint density at radius 2 is 2.00 bits per heavy atom. The van der Waals surface area contributed by atoms with Crippen LogP contribution in [0.3, 0.4) is 0 Å². The largest absolute Gasteiger partial charge is 0.362 e. The Bertz CT molecular complexity index is 671. The van der Waals surface area contributed by atoms with E-state index in [-0.39, 0.29) is 29.8 Å². The van der Waals surface area contributed by atoms with Crippen LogP contribution in [0, 0.1) is 15.4 Å². The second kappa shape index (κ2) is 3.92. The van der Waals surface area contributed by atoms with E-state index in [0.29, 0.717) is 5.69 Å². The highest BCUT2D eigenvalue weighted by molar-refractivity contribution is 14.1. The van der Waals surface area contributed by atoms with E-state index in [0.717, 1.165) is 3.57 Å². The van der Waals surface area contributed by atoms with Crippen molar-refractivity contribution < 1.29 is 14.3 Å². The van der Waals surface area contributed by atoms with Crippen molar-refractivity contribution in [3.05, 3.63) is 40.0 Å². The Kier molecular flexibility index (Phi) is 2.45. The van der Waals surface area contributed by atoms with E-state index in [1.807, 2.05) is 43.3 Å². The van der Waals surface area contributed by atoms with Gasteiger partial charge in [0.25, 0.3) is 0 Å². The summed E-state index contributed by atoms with van der Waals surface area (Å²) < 4.78 is 6.70. The molecule has 0 N–H and O–H groups in total. The van der Waals surface area contributed by atoms with Crippen molar-refractivity contribution in [3.8, 4) is 0 Å². The van der Waals surface area contributed by atoms with Crippen LogP contribution in [0.4, 0.5) is 5.69 Å². The molecule has 102 valence electrons. The smallest absolute Gasteiger partial charge is 0.241 e. The normalized spacial score (nSPS) is 37.9. The van der Waals surface area contributed by atoms with E-state index in [1.54, 1.807) is 0 Å². The van der Waals surface area contributed by atoms with Gasteiger partial charge in [0.05, 0.1) is 29.2 Å². The summed E-state index contributed by atoms with van der Waals surface area (Å²) in [5.74, 6) is -1.03. The summed E-state index contributed by atoms with van der Waals surface area (Å²) in [7, 11) is 0. The lowest BCUT2D eigenvalue weighted by atomic mass is 9.78. The van der Waals surface area contributed by atoms with Crippen LogP contribution in [0.2, 0.25) is 0 Å². The number of nitrogens with zero attached hydrogens (tertiary/aromatic N) is 1. The highest BCUT2D eigenvalue weighted by atomic mass is 127. The Hall–Kier alpha value is -1.21. The van der Waals surface area contributed by atoms with Crippen molar-refractivity contribution in [2.75, 3.05) is 4.90 Å². The summed E-state index contributed by atoms with van der Waals surface area (Å²) in [5.41, 5.74) is 0.0531. The number of rotatable bonds is 1. The second-order valence-electron chi connectivity index (χ2n) is 5.59. The maximum Gasteiger partial charge on any atom is 0.241 e. The molecule has 1 aromatic rings. The monoisotopic (exact) mass is 381 g/mol. The predicted molar refractivity (Wildman–Crippen MR) is 81.1 cm³/mol.